The molecule has 36 heavy (non-hydrogen) atoms. The maximum absolute atomic E-state index is 13.5. The third-order valence-electron chi connectivity index (χ3n) is 5.89. The monoisotopic (exact) mass is 480 g/mol. The summed E-state index contributed by atoms with van der Waals surface area (Å²) in [7, 11) is 1.65. The lowest BCUT2D eigenvalue weighted by atomic mass is 9.95. The minimum absolute atomic E-state index is 0.117. The molecule has 0 aliphatic rings. The number of aryl methyl sites for hydroxylation is 1. The zero-order valence-corrected chi connectivity index (χ0v) is 20.3. The number of carbonyl (C=O) groups excluding carboxylic acids is 2. The summed E-state index contributed by atoms with van der Waals surface area (Å²) in [5.74, 6) is -0.127. The first kappa shape index (κ1) is 24.7. The zero-order chi connectivity index (χ0) is 25.5. The summed E-state index contributed by atoms with van der Waals surface area (Å²) in [6.45, 7) is 1.99. The number of carbonyl (C=O) groups is 2. The van der Waals surface area contributed by atoms with E-state index in [-0.39, 0.29) is 25.0 Å². The number of amides is 2. The van der Waals surface area contributed by atoms with Gasteiger partial charge >= 0.3 is 0 Å². The molecule has 6 heteroatoms. The molecule has 0 aliphatic carbocycles. The van der Waals surface area contributed by atoms with Crippen LogP contribution in [0.1, 0.15) is 26.3 Å². The molecule has 0 saturated carbocycles. The highest BCUT2D eigenvalue weighted by Gasteiger charge is 2.22. The summed E-state index contributed by atoms with van der Waals surface area (Å²) >= 11 is 0. The molecule has 0 bridgehead atoms. The summed E-state index contributed by atoms with van der Waals surface area (Å²) in [5.41, 5.74) is 4.70. The van der Waals surface area contributed by atoms with Crippen LogP contribution < -0.4 is 15.0 Å². The van der Waals surface area contributed by atoms with Crippen molar-refractivity contribution < 1.29 is 19.4 Å². The number of nitrogens with zero attached hydrogens (tertiary/aromatic N) is 1. The Balaban J connectivity index is 1.63. The van der Waals surface area contributed by atoms with Gasteiger partial charge in [-0.2, -0.15) is 0 Å². The molecule has 6 nitrogen and oxygen atoms in total. The number of hydrogen-bond acceptors (Lipinski definition) is 4. The number of hydrogen-bond donors (Lipinski definition) is 2. The van der Waals surface area contributed by atoms with E-state index in [2.05, 4.69) is 5.32 Å². The number of aliphatic hydroxyl groups excluding tert-OH is 1. The van der Waals surface area contributed by atoms with E-state index in [1.807, 2.05) is 49.4 Å². The minimum Gasteiger partial charge on any atom is -0.489 e. The summed E-state index contributed by atoms with van der Waals surface area (Å²) in [6.07, 6.45) is 0. The Hall–Kier alpha value is -4.42. The second-order valence-electron chi connectivity index (χ2n) is 8.26. The minimum atomic E-state index is -0.307. The molecule has 4 aromatic carbocycles. The van der Waals surface area contributed by atoms with E-state index in [4.69, 9.17) is 9.84 Å². The molecule has 0 heterocycles. The quantitative estimate of drug-likeness (QED) is 0.346. The highest BCUT2D eigenvalue weighted by molar-refractivity contribution is 6.15. The van der Waals surface area contributed by atoms with Crippen LogP contribution in [-0.2, 0) is 0 Å². The van der Waals surface area contributed by atoms with Crippen molar-refractivity contribution in [2.45, 2.75) is 6.92 Å². The van der Waals surface area contributed by atoms with Crippen molar-refractivity contribution in [2.24, 2.45) is 0 Å². The summed E-state index contributed by atoms with van der Waals surface area (Å²) in [5, 5.41) is 12.1. The molecule has 182 valence electrons. The van der Waals surface area contributed by atoms with Gasteiger partial charge in [-0.15, -0.1) is 0 Å². The predicted octanol–water partition coefficient (Wildman–Crippen LogP) is 5.56. The van der Waals surface area contributed by atoms with Crippen molar-refractivity contribution in [1.82, 2.24) is 0 Å². The molecule has 0 spiro atoms. The van der Waals surface area contributed by atoms with Gasteiger partial charge in [-0.3, -0.25) is 9.59 Å². The summed E-state index contributed by atoms with van der Waals surface area (Å²) in [4.78, 5) is 28.4. The number of para-hydroxylation sites is 3. The molecule has 0 radical (unpaired) electrons. The van der Waals surface area contributed by atoms with E-state index in [1.165, 1.54) is 4.90 Å². The SMILES string of the molecule is Cc1ccccc1-c1ccccc1C(=O)Nc1ccccc1C(=O)N(C)c1ccccc1OCCO. The molecule has 0 aliphatic heterocycles. The van der Waals surface area contributed by atoms with Crippen molar-refractivity contribution in [3.63, 3.8) is 0 Å². The van der Waals surface area contributed by atoms with Crippen LogP contribution in [0.25, 0.3) is 11.1 Å². The second-order valence-corrected chi connectivity index (χ2v) is 8.26. The van der Waals surface area contributed by atoms with Crippen molar-refractivity contribution in [3.05, 3.63) is 114 Å². The first-order valence-corrected chi connectivity index (χ1v) is 11.7. The van der Waals surface area contributed by atoms with E-state index in [0.717, 1.165) is 16.7 Å². The van der Waals surface area contributed by atoms with Crippen LogP contribution in [0.2, 0.25) is 0 Å². The van der Waals surface area contributed by atoms with Crippen molar-refractivity contribution in [3.8, 4) is 16.9 Å². The molecular weight excluding hydrogens is 452 g/mol. The van der Waals surface area contributed by atoms with Crippen molar-refractivity contribution >= 4 is 23.2 Å². The van der Waals surface area contributed by atoms with Gasteiger partial charge in [0, 0.05) is 12.6 Å². The molecule has 0 atom stereocenters. The fourth-order valence-corrected chi connectivity index (χ4v) is 4.06. The number of nitrogens with one attached hydrogen (secondary N) is 1. The lowest BCUT2D eigenvalue weighted by Gasteiger charge is -2.22. The molecular formula is C30H28N2O4. The Morgan fingerprint density at radius 2 is 1.42 bits per heavy atom. The molecule has 0 unspecified atom stereocenters. The van der Waals surface area contributed by atoms with Gasteiger partial charge in [0.1, 0.15) is 12.4 Å². The van der Waals surface area contributed by atoms with Crippen LogP contribution in [0.4, 0.5) is 11.4 Å². The largest absolute Gasteiger partial charge is 0.489 e. The Bertz CT molecular complexity index is 1380. The van der Waals surface area contributed by atoms with Crippen LogP contribution in [0.15, 0.2) is 97.1 Å². The zero-order valence-electron chi connectivity index (χ0n) is 20.3. The third kappa shape index (κ3) is 5.29. The number of anilines is 2. The first-order chi connectivity index (χ1) is 17.5. The van der Waals surface area contributed by atoms with E-state index in [1.54, 1.807) is 61.6 Å². The second kappa shape index (κ2) is 11.3. The average molecular weight is 481 g/mol. The van der Waals surface area contributed by atoms with E-state index in [0.29, 0.717) is 28.3 Å². The third-order valence-corrected chi connectivity index (χ3v) is 5.89. The number of ether oxygens (including phenoxy) is 1. The molecule has 0 fully saturated rings. The Kier molecular flexibility index (Phi) is 7.78. The van der Waals surface area contributed by atoms with Crippen LogP contribution >= 0.6 is 0 Å². The fourth-order valence-electron chi connectivity index (χ4n) is 4.06. The molecule has 4 rings (SSSR count). The topological polar surface area (TPSA) is 78.9 Å². The lowest BCUT2D eigenvalue weighted by Crippen LogP contribution is -2.28. The summed E-state index contributed by atoms with van der Waals surface area (Å²) in [6, 6.07) is 29.4. The molecule has 4 aromatic rings. The van der Waals surface area contributed by atoms with Crippen LogP contribution in [0.3, 0.4) is 0 Å². The summed E-state index contributed by atoms with van der Waals surface area (Å²) < 4.78 is 5.60. The maximum Gasteiger partial charge on any atom is 0.260 e. The van der Waals surface area contributed by atoms with Crippen molar-refractivity contribution in [1.29, 1.82) is 0 Å². The van der Waals surface area contributed by atoms with E-state index in [9.17, 15) is 9.59 Å². The van der Waals surface area contributed by atoms with Gasteiger partial charge in [0.05, 0.1) is 23.5 Å². The first-order valence-electron chi connectivity index (χ1n) is 11.7. The molecule has 0 saturated heterocycles. The number of rotatable bonds is 8. The highest BCUT2D eigenvalue weighted by Crippen LogP contribution is 2.31. The van der Waals surface area contributed by atoms with E-state index >= 15 is 0 Å². The predicted molar refractivity (Wildman–Crippen MR) is 143 cm³/mol. The molecule has 2 amide bonds. The fraction of sp³-hybridized carbons (Fsp3) is 0.133. The average Bonchev–Trinajstić information content (AvgIpc) is 2.92. The van der Waals surface area contributed by atoms with Gasteiger partial charge in [-0.25, -0.2) is 0 Å². The normalized spacial score (nSPS) is 10.5. The highest BCUT2D eigenvalue weighted by atomic mass is 16.5. The number of benzene rings is 4. The number of aliphatic hydroxyl groups is 1. The lowest BCUT2D eigenvalue weighted by molar-refractivity contribution is 0.0993. The van der Waals surface area contributed by atoms with E-state index < -0.39 is 0 Å². The smallest absolute Gasteiger partial charge is 0.260 e. The van der Waals surface area contributed by atoms with Gasteiger partial charge in [-0.1, -0.05) is 66.7 Å². The Morgan fingerprint density at radius 3 is 2.17 bits per heavy atom. The van der Waals surface area contributed by atoms with Gasteiger partial charge < -0.3 is 20.1 Å². The van der Waals surface area contributed by atoms with Gasteiger partial charge in [0.25, 0.3) is 11.8 Å². The van der Waals surface area contributed by atoms with Crippen LogP contribution in [-0.4, -0.2) is 37.2 Å². The Morgan fingerprint density at radius 1 is 0.806 bits per heavy atom. The molecule has 0 aromatic heterocycles. The maximum atomic E-state index is 13.5. The Labute approximate surface area is 210 Å². The molecule has 2 N–H and O–H groups in total. The van der Waals surface area contributed by atoms with Gasteiger partial charge in [0.15, 0.2) is 0 Å². The van der Waals surface area contributed by atoms with Gasteiger partial charge in [-0.05, 0) is 53.9 Å². The van der Waals surface area contributed by atoms with Crippen molar-refractivity contribution in [2.75, 3.05) is 30.5 Å². The van der Waals surface area contributed by atoms with Crippen LogP contribution in [0.5, 0.6) is 5.75 Å². The standard InChI is InChI=1S/C30H28N2O4/c1-21-11-3-4-12-22(21)23-13-5-6-14-24(23)29(34)31-26-16-8-7-15-25(26)30(35)32(2)27-17-9-10-18-28(27)36-20-19-33/h3-18,33H,19-20H2,1-2H3,(H,31,34). The van der Waals surface area contributed by atoms with Crippen LogP contribution in [0, 0.1) is 6.92 Å². The van der Waals surface area contributed by atoms with Gasteiger partial charge in [0.2, 0.25) is 0 Å².